The van der Waals surface area contributed by atoms with Crippen LogP contribution in [-0.4, -0.2) is 59.6 Å². The second-order valence-corrected chi connectivity index (χ2v) is 8.29. The Morgan fingerprint density at radius 1 is 1.09 bits per heavy atom. The number of aromatic nitrogens is 1. The number of halogens is 1. The van der Waals surface area contributed by atoms with E-state index >= 15 is 0 Å². The summed E-state index contributed by atoms with van der Waals surface area (Å²) in [7, 11) is 0. The van der Waals surface area contributed by atoms with Gasteiger partial charge in [0.25, 0.3) is 5.91 Å². The lowest BCUT2D eigenvalue weighted by Crippen LogP contribution is -2.46. The van der Waals surface area contributed by atoms with Crippen LogP contribution in [0.15, 0.2) is 48.5 Å². The van der Waals surface area contributed by atoms with Gasteiger partial charge in [-0.1, -0.05) is 24.6 Å². The molecule has 1 fully saturated rings. The molecule has 32 heavy (non-hydrogen) atoms. The van der Waals surface area contributed by atoms with Crippen molar-refractivity contribution in [2.75, 3.05) is 42.9 Å². The van der Waals surface area contributed by atoms with Gasteiger partial charge in [-0.25, -0.2) is 9.78 Å². The Labute approximate surface area is 191 Å². The van der Waals surface area contributed by atoms with E-state index in [2.05, 4.69) is 22.0 Å². The van der Waals surface area contributed by atoms with Crippen LogP contribution < -0.4 is 10.2 Å². The maximum Gasteiger partial charge on any atom is 0.336 e. The van der Waals surface area contributed by atoms with Gasteiger partial charge in [0.15, 0.2) is 0 Å². The van der Waals surface area contributed by atoms with Gasteiger partial charge in [-0.05, 0) is 55.4 Å². The van der Waals surface area contributed by atoms with E-state index in [1.165, 1.54) is 0 Å². The predicted molar refractivity (Wildman–Crippen MR) is 127 cm³/mol. The van der Waals surface area contributed by atoms with E-state index in [1.54, 1.807) is 48.5 Å². The Hall–Kier alpha value is -3.16. The van der Waals surface area contributed by atoms with Gasteiger partial charge >= 0.3 is 5.97 Å². The first kappa shape index (κ1) is 22.0. The van der Waals surface area contributed by atoms with E-state index in [4.69, 9.17) is 16.6 Å². The zero-order chi connectivity index (χ0) is 22.7. The minimum Gasteiger partial charge on any atom is -0.478 e. The molecule has 8 heteroatoms. The van der Waals surface area contributed by atoms with Crippen molar-refractivity contribution in [3.05, 3.63) is 64.7 Å². The highest BCUT2D eigenvalue weighted by atomic mass is 35.5. The van der Waals surface area contributed by atoms with Crippen LogP contribution in [0.3, 0.4) is 0 Å². The number of amides is 1. The zero-order valence-electron chi connectivity index (χ0n) is 17.8. The second kappa shape index (κ2) is 9.54. The molecule has 3 aromatic rings. The van der Waals surface area contributed by atoms with E-state index in [-0.39, 0.29) is 11.5 Å². The number of hydrogen-bond donors (Lipinski definition) is 2. The summed E-state index contributed by atoms with van der Waals surface area (Å²) < 4.78 is 0. The summed E-state index contributed by atoms with van der Waals surface area (Å²) in [5, 5.41) is 13.6. The SMILES string of the molecule is CCCN1CCN(c2cc(C(=O)O)c3cc(NC(=O)c4cccc(Cl)c4)ccc3n2)CC1. The lowest BCUT2D eigenvalue weighted by molar-refractivity contribution is 0.0698. The average Bonchev–Trinajstić information content (AvgIpc) is 2.79. The van der Waals surface area contributed by atoms with E-state index in [0.717, 1.165) is 39.1 Å². The number of aromatic carboxylic acids is 1. The fourth-order valence-corrected chi connectivity index (χ4v) is 4.17. The molecule has 2 N–H and O–H groups in total. The summed E-state index contributed by atoms with van der Waals surface area (Å²) >= 11 is 5.97. The van der Waals surface area contributed by atoms with E-state index in [1.807, 2.05) is 0 Å². The van der Waals surface area contributed by atoms with Gasteiger partial charge < -0.3 is 15.3 Å². The molecule has 0 aliphatic carbocycles. The smallest absolute Gasteiger partial charge is 0.336 e. The number of hydrogen-bond acceptors (Lipinski definition) is 5. The molecule has 0 saturated carbocycles. The van der Waals surface area contributed by atoms with Crippen LogP contribution in [0.2, 0.25) is 5.02 Å². The highest BCUT2D eigenvalue weighted by molar-refractivity contribution is 6.31. The number of carbonyl (C=O) groups is 2. The standard InChI is InChI=1S/C24H25ClN4O3/c1-2-8-28-9-11-29(12-10-28)22-15-20(24(31)32)19-14-18(6-7-21(19)27-22)26-23(30)16-4-3-5-17(25)13-16/h3-7,13-15H,2,8-12H2,1H3,(H,26,30)(H,31,32). The molecule has 0 bridgehead atoms. The van der Waals surface area contributed by atoms with Crippen molar-refractivity contribution in [2.24, 2.45) is 0 Å². The molecular weight excluding hydrogens is 428 g/mol. The molecule has 1 saturated heterocycles. The van der Waals surface area contributed by atoms with Crippen LogP contribution in [0.5, 0.6) is 0 Å². The van der Waals surface area contributed by atoms with Gasteiger partial charge in [0.1, 0.15) is 5.82 Å². The third-order valence-electron chi connectivity index (χ3n) is 5.61. The molecule has 2 heterocycles. The Morgan fingerprint density at radius 2 is 1.88 bits per heavy atom. The minimum absolute atomic E-state index is 0.167. The number of rotatable bonds is 6. The van der Waals surface area contributed by atoms with Gasteiger partial charge in [0, 0.05) is 47.8 Å². The molecule has 0 spiro atoms. The fraction of sp³-hybridized carbons (Fsp3) is 0.292. The molecule has 1 aliphatic rings. The third kappa shape index (κ3) is 4.84. The monoisotopic (exact) mass is 452 g/mol. The molecule has 2 aromatic carbocycles. The summed E-state index contributed by atoms with van der Waals surface area (Å²) in [6, 6.07) is 13.4. The zero-order valence-corrected chi connectivity index (χ0v) is 18.6. The van der Waals surface area contributed by atoms with E-state index in [0.29, 0.717) is 33.0 Å². The van der Waals surface area contributed by atoms with Crippen LogP contribution in [0.25, 0.3) is 10.9 Å². The van der Waals surface area contributed by atoms with Crippen LogP contribution >= 0.6 is 11.6 Å². The van der Waals surface area contributed by atoms with Crippen molar-refractivity contribution in [1.82, 2.24) is 9.88 Å². The molecule has 7 nitrogen and oxygen atoms in total. The van der Waals surface area contributed by atoms with Gasteiger partial charge in [-0.15, -0.1) is 0 Å². The van der Waals surface area contributed by atoms with E-state index < -0.39 is 5.97 Å². The normalized spacial score (nSPS) is 14.5. The van der Waals surface area contributed by atoms with Crippen molar-refractivity contribution in [3.63, 3.8) is 0 Å². The summed E-state index contributed by atoms with van der Waals surface area (Å²) in [6.07, 6.45) is 1.12. The van der Waals surface area contributed by atoms with Crippen molar-refractivity contribution >= 4 is 45.9 Å². The summed E-state index contributed by atoms with van der Waals surface area (Å²) in [4.78, 5) is 33.8. The van der Waals surface area contributed by atoms with Gasteiger partial charge in [-0.3, -0.25) is 9.69 Å². The number of carboxylic acid groups (broad SMARTS) is 1. The third-order valence-corrected chi connectivity index (χ3v) is 5.84. The summed E-state index contributed by atoms with van der Waals surface area (Å²) in [5.41, 5.74) is 1.66. The first-order valence-corrected chi connectivity index (χ1v) is 11.0. The highest BCUT2D eigenvalue weighted by Crippen LogP contribution is 2.27. The van der Waals surface area contributed by atoms with Gasteiger partial charge in [-0.2, -0.15) is 0 Å². The van der Waals surface area contributed by atoms with Gasteiger partial charge in [0.2, 0.25) is 0 Å². The Kier molecular flexibility index (Phi) is 6.58. The van der Waals surface area contributed by atoms with Crippen molar-refractivity contribution < 1.29 is 14.7 Å². The van der Waals surface area contributed by atoms with Crippen LogP contribution in [0, 0.1) is 0 Å². The molecule has 1 amide bonds. The molecule has 1 aliphatic heterocycles. The largest absolute Gasteiger partial charge is 0.478 e. The molecule has 4 rings (SSSR count). The van der Waals surface area contributed by atoms with E-state index in [9.17, 15) is 14.7 Å². The maximum atomic E-state index is 12.5. The first-order valence-electron chi connectivity index (χ1n) is 10.7. The lowest BCUT2D eigenvalue weighted by atomic mass is 10.1. The highest BCUT2D eigenvalue weighted by Gasteiger charge is 2.21. The molecule has 0 unspecified atom stereocenters. The van der Waals surface area contributed by atoms with Gasteiger partial charge in [0.05, 0.1) is 11.1 Å². The number of nitrogens with one attached hydrogen (secondary N) is 1. The Balaban J connectivity index is 1.60. The predicted octanol–water partition coefficient (Wildman–Crippen LogP) is 4.37. The summed E-state index contributed by atoms with van der Waals surface area (Å²) in [6.45, 7) is 6.73. The first-order chi connectivity index (χ1) is 15.4. The lowest BCUT2D eigenvalue weighted by Gasteiger charge is -2.35. The van der Waals surface area contributed by atoms with Crippen molar-refractivity contribution in [2.45, 2.75) is 13.3 Å². The number of carboxylic acids is 1. The van der Waals surface area contributed by atoms with Crippen LogP contribution in [0.1, 0.15) is 34.1 Å². The number of pyridine rings is 1. The quantitative estimate of drug-likeness (QED) is 0.577. The fourth-order valence-electron chi connectivity index (χ4n) is 3.98. The van der Waals surface area contributed by atoms with Crippen molar-refractivity contribution in [1.29, 1.82) is 0 Å². The van der Waals surface area contributed by atoms with Crippen molar-refractivity contribution in [3.8, 4) is 0 Å². The number of anilines is 2. The number of carbonyl (C=O) groups excluding carboxylic acids is 1. The number of benzene rings is 2. The summed E-state index contributed by atoms with van der Waals surface area (Å²) in [5.74, 6) is -0.679. The molecule has 1 aromatic heterocycles. The Morgan fingerprint density at radius 3 is 2.56 bits per heavy atom. The number of piperazine rings is 1. The topological polar surface area (TPSA) is 85.8 Å². The Bertz CT molecular complexity index is 1160. The minimum atomic E-state index is -1.03. The number of fused-ring (bicyclic) bond motifs is 1. The molecular formula is C24H25ClN4O3. The average molecular weight is 453 g/mol. The number of nitrogens with zero attached hydrogens (tertiary/aromatic N) is 3. The van der Waals surface area contributed by atoms with Crippen LogP contribution in [-0.2, 0) is 0 Å². The molecule has 0 radical (unpaired) electrons. The molecule has 0 atom stereocenters. The maximum absolute atomic E-state index is 12.5. The molecule has 166 valence electrons. The van der Waals surface area contributed by atoms with Crippen LogP contribution in [0.4, 0.5) is 11.5 Å². The second-order valence-electron chi connectivity index (χ2n) is 7.86.